The molecule has 0 aliphatic heterocycles. The molecule has 98 valence electrons. The number of carbonyl (C=O) groups is 1. The molecule has 1 N–H and O–H groups in total. The molecule has 0 aliphatic rings. The smallest absolute Gasteiger partial charge is 0.196 e. The minimum atomic E-state index is -0.0000463. The van der Waals surface area contributed by atoms with Gasteiger partial charge in [-0.3, -0.25) is 4.79 Å². The zero-order valence-corrected chi connectivity index (χ0v) is 11.5. The molecule has 0 atom stereocenters. The molecular formula is C16H18N2O. The van der Waals surface area contributed by atoms with Crippen LogP contribution in [-0.2, 0) is 0 Å². The average molecular weight is 254 g/mol. The minimum Gasteiger partial charge on any atom is -0.367 e. The topological polar surface area (TPSA) is 42.0 Å². The molecule has 1 aromatic heterocycles. The van der Waals surface area contributed by atoms with Crippen LogP contribution in [0, 0.1) is 6.92 Å². The Morgan fingerprint density at radius 3 is 2.68 bits per heavy atom. The summed E-state index contributed by atoms with van der Waals surface area (Å²) in [6, 6.07) is 11.4. The number of pyridine rings is 1. The van der Waals surface area contributed by atoms with Gasteiger partial charge in [0.15, 0.2) is 5.78 Å². The number of aryl methyl sites for hydroxylation is 1. The summed E-state index contributed by atoms with van der Waals surface area (Å²) >= 11 is 0. The van der Waals surface area contributed by atoms with E-state index >= 15 is 0 Å². The zero-order chi connectivity index (χ0) is 13.8. The Bertz CT molecular complexity index is 591. The van der Waals surface area contributed by atoms with Crippen LogP contribution in [0.4, 0.5) is 5.82 Å². The van der Waals surface area contributed by atoms with Crippen LogP contribution >= 0.6 is 0 Å². The second-order valence-corrected chi connectivity index (χ2v) is 4.90. The van der Waals surface area contributed by atoms with Crippen molar-refractivity contribution in [3.05, 3.63) is 59.3 Å². The molecule has 2 rings (SSSR count). The predicted molar refractivity (Wildman–Crippen MR) is 77.6 cm³/mol. The molecule has 0 amide bonds. The number of nitrogens with one attached hydrogen (secondary N) is 1. The van der Waals surface area contributed by atoms with E-state index in [1.807, 2.05) is 51.1 Å². The van der Waals surface area contributed by atoms with Gasteiger partial charge in [0.05, 0.1) is 5.56 Å². The van der Waals surface area contributed by atoms with E-state index in [0.717, 1.165) is 5.56 Å². The lowest BCUT2D eigenvalue weighted by Crippen LogP contribution is -2.15. The van der Waals surface area contributed by atoms with Crippen LogP contribution < -0.4 is 5.32 Å². The standard InChI is InChI=1S/C16H18N2O/c1-11(2)18-16-14(8-5-9-17-16)15(19)13-7-4-6-12(3)10-13/h4-11H,1-3H3,(H,17,18). The lowest BCUT2D eigenvalue weighted by Gasteiger charge is -2.12. The van der Waals surface area contributed by atoms with E-state index in [4.69, 9.17) is 0 Å². The maximum atomic E-state index is 12.5. The number of nitrogens with zero attached hydrogens (tertiary/aromatic N) is 1. The zero-order valence-electron chi connectivity index (χ0n) is 11.5. The summed E-state index contributed by atoms with van der Waals surface area (Å²) in [5, 5.41) is 3.21. The van der Waals surface area contributed by atoms with Crippen LogP contribution in [0.15, 0.2) is 42.6 Å². The summed E-state index contributed by atoms with van der Waals surface area (Å²) in [4.78, 5) is 16.8. The molecule has 0 saturated heterocycles. The maximum absolute atomic E-state index is 12.5. The SMILES string of the molecule is Cc1cccc(C(=O)c2cccnc2NC(C)C)c1. The van der Waals surface area contributed by atoms with Crippen LogP contribution in [0.3, 0.4) is 0 Å². The van der Waals surface area contributed by atoms with Gasteiger partial charge in [0, 0.05) is 17.8 Å². The second-order valence-electron chi connectivity index (χ2n) is 4.90. The summed E-state index contributed by atoms with van der Waals surface area (Å²) in [5.74, 6) is 0.643. The number of hydrogen-bond acceptors (Lipinski definition) is 3. The van der Waals surface area contributed by atoms with Gasteiger partial charge in [-0.25, -0.2) is 4.98 Å². The molecule has 19 heavy (non-hydrogen) atoms. The third-order valence-electron chi connectivity index (χ3n) is 2.76. The Balaban J connectivity index is 2.39. The molecule has 0 saturated carbocycles. The lowest BCUT2D eigenvalue weighted by molar-refractivity contribution is 0.103. The minimum absolute atomic E-state index is 0.0000463. The summed E-state index contributed by atoms with van der Waals surface area (Å²) in [6.07, 6.45) is 1.69. The molecule has 1 aromatic carbocycles. The van der Waals surface area contributed by atoms with Crippen LogP contribution in [0.5, 0.6) is 0 Å². The molecule has 3 heteroatoms. The number of hydrogen-bond donors (Lipinski definition) is 1. The fraction of sp³-hybridized carbons (Fsp3) is 0.250. The molecule has 0 aliphatic carbocycles. The van der Waals surface area contributed by atoms with Gasteiger partial charge in [0.1, 0.15) is 5.82 Å². The molecular weight excluding hydrogens is 236 g/mol. The van der Waals surface area contributed by atoms with E-state index in [2.05, 4.69) is 10.3 Å². The van der Waals surface area contributed by atoms with Crippen LogP contribution in [-0.4, -0.2) is 16.8 Å². The number of carbonyl (C=O) groups excluding carboxylic acids is 1. The fourth-order valence-corrected chi connectivity index (χ4v) is 1.92. The highest BCUT2D eigenvalue weighted by Crippen LogP contribution is 2.18. The molecule has 1 heterocycles. The van der Waals surface area contributed by atoms with Crippen LogP contribution in [0.25, 0.3) is 0 Å². The molecule has 2 aromatic rings. The normalized spacial score (nSPS) is 10.5. The Morgan fingerprint density at radius 2 is 2.00 bits per heavy atom. The Labute approximate surface area is 113 Å². The second kappa shape index (κ2) is 5.65. The molecule has 0 radical (unpaired) electrons. The summed E-state index contributed by atoms with van der Waals surface area (Å²) in [5.41, 5.74) is 2.38. The summed E-state index contributed by atoms with van der Waals surface area (Å²) in [6.45, 7) is 6.03. The van der Waals surface area contributed by atoms with Crippen LogP contribution in [0.2, 0.25) is 0 Å². The number of ketones is 1. The van der Waals surface area contributed by atoms with Crippen molar-refractivity contribution in [2.75, 3.05) is 5.32 Å². The molecule has 0 bridgehead atoms. The first-order valence-corrected chi connectivity index (χ1v) is 6.41. The molecule has 0 spiro atoms. The van der Waals surface area contributed by atoms with Crippen molar-refractivity contribution in [2.45, 2.75) is 26.8 Å². The maximum Gasteiger partial charge on any atom is 0.196 e. The van der Waals surface area contributed by atoms with Crippen molar-refractivity contribution in [1.29, 1.82) is 0 Å². The first kappa shape index (κ1) is 13.3. The van der Waals surface area contributed by atoms with E-state index in [9.17, 15) is 4.79 Å². The third kappa shape index (κ3) is 3.19. The number of aromatic nitrogens is 1. The highest BCUT2D eigenvalue weighted by molar-refractivity contribution is 6.11. The number of anilines is 1. The van der Waals surface area contributed by atoms with Crippen molar-refractivity contribution in [1.82, 2.24) is 4.98 Å². The van der Waals surface area contributed by atoms with E-state index in [-0.39, 0.29) is 11.8 Å². The highest BCUT2D eigenvalue weighted by atomic mass is 16.1. The number of rotatable bonds is 4. The van der Waals surface area contributed by atoms with Gasteiger partial charge in [-0.15, -0.1) is 0 Å². The molecule has 3 nitrogen and oxygen atoms in total. The third-order valence-corrected chi connectivity index (χ3v) is 2.76. The quantitative estimate of drug-likeness (QED) is 0.850. The Kier molecular flexibility index (Phi) is 3.95. The Morgan fingerprint density at radius 1 is 1.21 bits per heavy atom. The van der Waals surface area contributed by atoms with E-state index in [1.165, 1.54) is 0 Å². The van der Waals surface area contributed by atoms with E-state index in [0.29, 0.717) is 16.9 Å². The van der Waals surface area contributed by atoms with Gasteiger partial charge >= 0.3 is 0 Å². The van der Waals surface area contributed by atoms with Crippen molar-refractivity contribution >= 4 is 11.6 Å². The van der Waals surface area contributed by atoms with Crippen molar-refractivity contribution < 1.29 is 4.79 Å². The van der Waals surface area contributed by atoms with Gasteiger partial charge in [0.25, 0.3) is 0 Å². The van der Waals surface area contributed by atoms with Gasteiger partial charge in [-0.05, 0) is 39.0 Å². The van der Waals surface area contributed by atoms with Gasteiger partial charge in [-0.2, -0.15) is 0 Å². The summed E-state index contributed by atoms with van der Waals surface area (Å²) in [7, 11) is 0. The van der Waals surface area contributed by atoms with Crippen molar-refractivity contribution in [3.63, 3.8) is 0 Å². The van der Waals surface area contributed by atoms with Gasteiger partial charge in [0.2, 0.25) is 0 Å². The predicted octanol–water partition coefficient (Wildman–Crippen LogP) is 3.44. The van der Waals surface area contributed by atoms with Crippen molar-refractivity contribution in [3.8, 4) is 0 Å². The first-order valence-electron chi connectivity index (χ1n) is 6.41. The monoisotopic (exact) mass is 254 g/mol. The molecule has 0 unspecified atom stereocenters. The number of benzene rings is 1. The Hall–Kier alpha value is -2.16. The fourth-order valence-electron chi connectivity index (χ4n) is 1.92. The van der Waals surface area contributed by atoms with Gasteiger partial charge in [-0.1, -0.05) is 23.8 Å². The first-order chi connectivity index (χ1) is 9.08. The van der Waals surface area contributed by atoms with E-state index in [1.54, 1.807) is 12.3 Å². The summed E-state index contributed by atoms with van der Waals surface area (Å²) < 4.78 is 0. The average Bonchev–Trinajstić information content (AvgIpc) is 2.38. The largest absolute Gasteiger partial charge is 0.367 e. The van der Waals surface area contributed by atoms with Crippen LogP contribution in [0.1, 0.15) is 35.3 Å². The van der Waals surface area contributed by atoms with Crippen molar-refractivity contribution in [2.24, 2.45) is 0 Å². The highest BCUT2D eigenvalue weighted by Gasteiger charge is 2.14. The lowest BCUT2D eigenvalue weighted by atomic mass is 10.0. The van der Waals surface area contributed by atoms with Gasteiger partial charge < -0.3 is 5.32 Å². The molecule has 0 fully saturated rings. The van der Waals surface area contributed by atoms with E-state index < -0.39 is 0 Å².